The number of benzene rings is 1. The van der Waals surface area contributed by atoms with Gasteiger partial charge in [-0.05, 0) is 49.6 Å². The molecule has 21 heavy (non-hydrogen) atoms. The van der Waals surface area contributed by atoms with E-state index in [-0.39, 0.29) is 17.2 Å². The molecule has 0 saturated heterocycles. The number of hydrogen-bond acceptors (Lipinski definition) is 3. The number of nitrogens with zero attached hydrogens (tertiary/aromatic N) is 1. The van der Waals surface area contributed by atoms with Crippen LogP contribution in [0.5, 0.6) is 0 Å². The Labute approximate surface area is 137 Å². The summed E-state index contributed by atoms with van der Waals surface area (Å²) in [6.07, 6.45) is 0.866. The van der Waals surface area contributed by atoms with Gasteiger partial charge in [0.2, 0.25) is 11.1 Å². The molecule has 1 heterocycles. The lowest BCUT2D eigenvalue weighted by Gasteiger charge is -2.14. The number of carbonyl (C=O) groups is 1. The fraction of sp³-hybridized carbons (Fsp3) is 0.333. The highest BCUT2D eigenvalue weighted by atomic mass is 79.9. The third kappa shape index (κ3) is 4.32. The molecule has 0 aliphatic heterocycles. The van der Waals surface area contributed by atoms with E-state index in [1.165, 1.54) is 0 Å². The lowest BCUT2D eigenvalue weighted by molar-refractivity contribution is -0.121. The van der Waals surface area contributed by atoms with Crippen LogP contribution in [0, 0.1) is 6.92 Å². The van der Waals surface area contributed by atoms with Gasteiger partial charge < -0.3 is 9.84 Å². The van der Waals surface area contributed by atoms with Crippen LogP contribution < -0.4 is 5.32 Å². The van der Waals surface area contributed by atoms with Gasteiger partial charge in [0, 0.05) is 16.5 Å². The molecule has 0 radical (unpaired) electrons. The zero-order chi connectivity index (χ0) is 15.4. The number of amides is 1. The van der Waals surface area contributed by atoms with Crippen LogP contribution in [0.15, 0.2) is 33.3 Å². The van der Waals surface area contributed by atoms with Crippen LogP contribution in [0.2, 0.25) is 5.22 Å². The monoisotopic (exact) mass is 370 g/mol. The molecule has 0 fully saturated rings. The molecule has 2 aromatic rings. The first-order valence-corrected chi connectivity index (χ1v) is 7.80. The van der Waals surface area contributed by atoms with Crippen molar-refractivity contribution in [1.82, 2.24) is 10.5 Å². The van der Waals surface area contributed by atoms with Crippen LogP contribution in [0.1, 0.15) is 36.2 Å². The number of aryl methyl sites for hydroxylation is 1. The molecule has 0 spiro atoms. The van der Waals surface area contributed by atoms with Crippen LogP contribution in [0.25, 0.3) is 0 Å². The van der Waals surface area contributed by atoms with E-state index in [1.807, 2.05) is 38.1 Å². The van der Waals surface area contributed by atoms with E-state index in [9.17, 15) is 4.79 Å². The van der Waals surface area contributed by atoms with Crippen molar-refractivity contribution in [2.75, 3.05) is 0 Å². The molecule has 2 rings (SSSR count). The Hall–Kier alpha value is -1.33. The number of nitrogens with one attached hydrogen (secondary N) is 1. The molecule has 0 aliphatic carbocycles. The van der Waals surface area contributed by atoms with Crippen LogP contribution in [-0.4, -0.2) is 11.1 Å². The highest BCUT2D eigenvalue weighted by molar-refractivity contribution is 9.10. The Morgan fingerprint density at radius 2 is 2.29 bits per heavy atom. The first-order valence-electron chi connectivity index (χ1n) is 6.63. The van der Waals surface area contributed by atoms with Crippen molar-refractivity contribution in [2.24, 2.45) is 0 Å². The molecular weight excluding hydrogens is 356 g/mol. The van der Waals surface area contributed by atoms with Gasteiger partial charge >= 0.3 is 0 Å². The first-order chi connectivity index (χ1) is 9.97. The average molecular weight is 372 g/mol. The Kier molecular flexibility index (Phi) is 5.42. The van der Waals surface area contributed by atoms with Crippen LogP contribution in [0.3, 0.4) is 0 Å². The zero-order valence-corrected chi connectivity index (χ0v) is 14.2. The highest BCUT2D eigenvalue weighted by Crippen LogP contribution is 2.21. The molecule has 0 bridgehead atoms. The second kappa shape index (κ2) is 7.09. The zero-order valence-electron chi connectivity index (χ0n) is 11.8. The fourth-order valence-corrected chi connectivity index (χ4v) is 2.73. The van der Waals surface area contributed by atoms with Crippen molar-refractivity contribution in [3.63, 3.8) is 0 Å². The topological polar surface area (TPSA) is 55.1 Å². The number of aromatic nitrogens is 1. The van der Waals surface area contributed by atoms with Crippen molar-refractivity contribution in [1.29, 1.82) is 0 Å². The minimum Gasteiger partial charge on any atom is -0.350 e. The maximum Gasteiger partial charge on any atom is 0.229 e. The molecule has 6 heteroatoms. The summed E-state index contributed by atoms with van der Waals surface area (Å²) in [5.41, 5.74) is 2.58. The maximum atomic E-state index is 12.0. The second-order valence-corrected chi connectivity index (χ2v) is 6.12. The van der Waals surface area contributed by atoms with Crippen LogP contribution in [0.4, 0.5) is 0 Å². The maximum absolute atomic E-state index is 12.0. The molecule has 1 atom stereocenters. The molecule has 0 aliphatic rings. The molecule has 0 saturated carbocycles. The molecular formula is C15H16BrClN2O2. The minimum atomic E-state index is -0.0472. The average Bonchev–Trinajstić information content (AvgIpc) is 2.76. The van der Waals surface area contributed by atoms with Crippen molar-refractivity contribution in [2.45, 2.75) is 32.7 Å². The summed E-state index contributed by atoms with van der Waals surface area (Å²) < 4.78 is 5.86. The SMILES string of the molecule is Cc1noc(Cl)c1CCC(=O)NC(C)c1cccc(Br)c1. The van der Waals surface area contributed by atoms with Crippen molar-refractivity contribution in [3.8, 4) is 0 Å². The number of halogens is 2. The molecule has 112 valence electrons. The van der Waals surface area contributed by atoms with E-state index in [0.29, 0.717) is 12.8 Å². The van der Waals surface area contributed by atoms with Crippen LogP contribution in [-0.2, 0) is 11.2 Å². The van der Waals surface area contributed by atoms with Crippen molar-refractivity contribution >= 4 is 33.4 Å². The smallest absolute Gasteiger partial charge is 0.229 e. The van der Waals surface area contributed by atoms with Crippen molar-refractivity contribution < 1.29 is 9.32 Å². The van der Waals surface area contributed by atoms with Gasteiger partial charge in [-0.15, -0.1) is 0 Å². The number of rotatable bonds is 5. The third-order valence-corrected chi connectivity index (χ3v) is 4.06. The molecule has 1 N–H and O–H groups in total. The van der Waals surface area contributed by atoms with Gasteiger partial charge in [0.15, 0.2) is 0 Å². The standard InChI is InChI=1S/C15H16BrClN2O2/c1-9(11-4-3-5-12(16)8-11)18-14(20)7-6-13-10(2)19-21-15(13)17/h3-5,8-9H,6-7H2,1-2H3,(H,18,20). The number of hydrogen-bond donors (Lipinski definition) is 1. The van der Waals surface area contributed by atoms with Gasteiger partial charge in [0.05, 0.1) is 11.7 Å². The van der Waals surface area contributed by atoms with Gasteiger partial charge in [-0.1, -0.05) is 33.2 Å². The predicted molar refractivity (Wildman–Crippen MR) is 85.3 cm³/mol. The largest absolute Gasteiger partial charge is 0.350 e. The second-order valence-electron chi connectivity index (χ2n) is 4.86. The Balaban J connectivity index is 1.90. The highest BCUT2D eigenvalue weighted by Gasteiger charge is 2.14. The summed E-state index contributed by atoms with van der Waals surface area (Å²) in [6.45, 7) is 3.77. The quantitative estimate of drug-likeness (QED) is 0.856. The molecule has 4 nitrogen and oxygen atoms in total. The summed E-state index contributed by atoms with van der Waals surface area (Å²) >= 11 is 9.31. The predicted octanol–water partition coefficient (Wildman–Crippen LogP) is 4.21. The van der Waals surface area contributed by atoms with Gasteiger partial charge in [-0.25, -0.2) is 0 Å². The third-order valence-electron chi connectivity index (χ3n) is 3.26. The first kappa shape index (κ1) is 16.0. The summed E-state index contributed by atoms with van der Waals surface area (Å²) in [7, 11) is 0. The van der Waals surface area contributed by atoms with E-state index >= 15 is 0 Å². The normalized spacial score (nSPS) is 12.2. The molecule has 1 amide bonds. The van der Waals surface area contributed by atoms with E-state index in [0.717, 1.165) is 21.3 Å². The van der Waals surface area contributed by atoms with Gasteiger partial charge in [-0.3, -0.25) is 4.79 Å². The van der Waals surface area contributed by atoms with E-state index in [4.69, 9.17) is 16.1 Å². The number of carbonyl (C=O) groups excluding carboxylic acids is 1. The van der Waals surface area contributed by atoms with E-state index in [1.54, 1.807) is 0 Å². The minimum absolute atomic E-state index is 0.0286. The fourth-order valence-electron chi connectivity index (χ4n) is 2.05. The summed E-state index contributed by atoms with van der Waals surface area (Å²) in [6, 6.07) is 7.83. The van der Waals surface area contributed by atoms with Gasteiger partial charge in [0.25, 0.3) is 0 Å². The lowest BCUT2D eigenvalue weighted by atomic mass is 10.1. The van der Waals surface area contributed by atoms with E-state index in [2.05, 4.69) is 26.4 Å². The summed E-state index contributed by atoms with van der Waals surface area (Å²) in [5, 5.41) is 7.00. The van der Waals surface area contributed by atoms with Crippen molar-refractivity contribution in [3.05, 3.63) is 50.8 Å². The van der Waals surface area contributed by atoms with E-state index < -0.39 is 0 Å². The summed E-state index contributed by atoms with van der Waals surface area (Å²) in [4.78, 5) is 12.0. The summed E-state index contributed by atoms with van der Waals surface area (Å²) in [5.74, 6) is -0.0286. The Bertz CT molecular complexity index is 623. The molecule has 1 unspecified atom stereocenters. The van der Waals surface area contributed by atoms with Gasteiger partial charge in [0.1, 0.15) is 0 Å². The molecule has 1 aromatic carbocycles. The lowest BCUT2D eigenvalue weighted by Crippen LogP contribution is -2.26. The Morgan fingerprint density at radius 3 is 2.90 bits per heavy atom. The molecule has 1 aromatic heterocycles. The van der Waals surface area contributed by atoms with Gasteiger partial charge in [-0.2, -0.15) is 0 Å². The Morgan fingerprint density at radius 1 is 1.52 bits per heavy atom. The van der Waals surface area contributed by atoms with Crippen LogP contribution >= 0.6 is 27.5 Å².